The Balaban J connectivity index is 1.79. The summed E-state index contributed by atoms with van der Waals surface area (Å²) in [7, 11) is 0. The molecule has 0 bridgehead atoms. The fraction of sp³-hybridized carbons (Fsp3) is 0.867. The van der Waals surface area contributed by atoms with Crippen LogP contribution in [0.15, 0.2) is 0 Å². The number of hydrogen-bond acceptors (Lipinski definition) is 2. The highest BCUT2D eigenvalue weighted by Crippen LogP contribution is 2.34. The number of amides is 2. The third-order valence-electron chi connectivity index (χ3n) is 4.40. The molecule has 2 N–H and O–H groups in total. The number of rotatable bonds is 6. The molecule has 20 heavy (non-hydrogen) atoms. The standard InChI is InChI=1S/C15H26N2O3/c1-2-13(8-11-5-6-11)16-15(20)17-7-3-4-12(10-17)9-14(18)19/h11-13H,2-10H2,1H3,(H,16,20)(H,18,19). The summed E-state index contributed by atoms with van der Waals surface area (Å²) in [6.45, 7) is 3.44. The van der Waals surface area contributed by atoms with Gasteiger partial charge in [0.2, 0.25) is 0 Å². The van der Waals surface area contributed by atoms with Crippen molar-refractivity contribution in [2.45, 2.75) is 57.9 Å². The van der Waals surface area contributed by atoms with Crippen LogP contribution in [0.4, 0.5) is 4.79 Å². The second-order valence-corrected chi connectivity index (χ2v) is 6.29. The number of nitrogens with zero attached hydrogens (tertiary/aromatic N) is 1. The molecule has 1 aliphatic heterocycles. The second-order valence-electron chi connectivity index (χ2n) is 6.29. The lowest BCUT2D eigenvalue weighted by Gasteiger charge is -2.33. The van der Waals surface area contributed by atoms with Gasteiger partial charge >= 0.3 is 12.0 Å². The zero-order chi connectivity index (χ0) is 14.5. The smallest absolute Gasteiger partial charge is 0.317 e. The number of nitrogens with one attached hydrogen (secondary N) is 1. The van der Waals surface area contributed by atoms with E-state index in [-0.39, 0.29) is 24.4 Å². The maximum atomic E-state index is 12.3. The summed E-state index contributed by atoms with van der Waals surface area (Å²) < 4.78 is 0. The molecule has 5 heteroatoms. The zero-order valence-electron chi connectivity index (χ0n) is 12.3. The van der Waals surface area contributed by atoms with Crippen LogP contribution in [-0.4, -0.2) is 41.1 Å². The molecule has 2 unspecified atom stereocenters. The summed E-state index contributed by atoms with van der Waals surface area (Å²) in [5.41, 5.74) is 0. The van der Waals surface area contributed by atoms with Gasteiger partial charge in [-0.15, -0.1) is 0 Å². The van der Waals surface area contributed by atoms with E-state index in [9.17, 15) is 9.59 Å². The number of carbonyl (C=O) groups is 2. The molecule has 1 saturated carbocycles. The van der Waals surface area contributed by atoms with Crippen LogP contribution in [-0.2, 0) is 4.79 Å². The topological polar surface area (TPSA) is 69.6 Å². The van der Waals surface area contributed by atoms with E-state index >= 15 is 0 Å². The summed E-state index contributed by atoms with van der Waals surface area (Å²) in [6, 6.07) is 0.266. The molecule has 0 aromatic carbocycles. The first-order valence-electron chi connectivity index (χ1n) is 7.85. The number of likely N-dealkylation sites (tertiary alicyclic amines) is 1. The van der Waals surface area contributed by atoms with Gasteiger partial charge in [0.1, 0.15) is 0 Å². The Labute approximate surface area is 120 Å². The molecule has 2 aliphatic rings. The van der Waals surface area contributed by atoms with Crippen LogP contribution in [0.3, 0.4) is 0 Å². The SMILES string of the molecule is CCC(CC1CC1)NC(=O)N1CCCC(CC(=O)O)C1. The van der Waals surface area contributed by atoms with Gasteiger partial charge in [0.05, 0.1) is 0 Å². The first-order chi connectivity index (χ1) is 9.58. The van der Waals surface area contributed by atoms with Crippen molar-refractivity contribution < 1.29 is 14.7 Å². The second kappa shape index (κ2) is 6.95. The van der Waals surface area contributed by atoms with Gasteiger partial charge < -0.3 is 15.3 Å². The van der Waals surface area contributed by atoms with Crippen molar-refractivity contribution in [3.63, 3.8) is 0 Å². The molecule has 5 nitrogen and oxygen atoms in total. The molecule has 1 saturated heterocycles. The van der Waals surface area contributed by atoms with Crippen LogP contribution in [0.25, 0.3) is 0 Å². The summed E-state index contributed by atoms with van der Waals surface area (Å²) in [5, 5.41) is 12.0. The lowest BCUT2D eigenvalue weighted by molar-refractivity contribution is -0.138. The third-order valence-corrected chi connectivity index (χ3v) is 4.40. The fourth-order valence-electron chi connectivity index (χ4n) is 3.01. The van der Waals surface area contributed by atoms with E-state index in [0.29, 0.717) is 6.54 Å². The van der Waals surface area contributed by atoms with Crippen molar-refractivity contribution in [2.75, 3.05) is 13.1 Å². The Hall–Kier alpha value is -1.26. The molecule has 2 atom stereocenters. The van der Waals surface area contributed by atoms with E-state index in [1.165, 1.54) is 12.8 Å². The van der Waals surface area contributed by atoms with Crippen LogP contribution >= 0.6 is 0 Å². The lowest BCUT2D eigenvalue weighted by atomic mass is 9.95. The summed E-state index contributed by atoms with van der Waals surface area (Å²) >= 11 is 0. The number of aliphatic carboxylic acids is 1. The van der Waals surface area contributed by atoms with Gasteiger partial charge in [-0.25, -0.2) is 4.79 Å². The average Bonchev–Trinajstić information content (AvgIpc) is 3.21. The van der Waals surface area contributed by atoms with E-state index < -0.39 is 5.97 Å². The van der Waals surface area contributed by atoms with E-state index in [0.717, 1.165) is 38.1 Å². The number of carboxylic acid groups (broad SMARTS) is 1. The first-order valence-corrected chi connectivity index (χ1v) is 7.85. The molecule has 0 aromatic rings. The molecule has 114 valence electrons. The quantitative estimate of drug-likeness (QED) is 0.786. The molecular formula is C15H26N2O3. The van der Waals surface area contributed by atoms with Crippen LogP contribution in [0.5, 0.6) is 0 Å². The molecule has 2 amide bonds. The fourth-order valence-corrected chi connectivity index (χ4v) is 3.01. The molecular weight excluding hydrogens is 256 g/mol. The van der Waals surface area contributed by atoms with Gasteiger partial charge in [-0.05, 0) is 37.5 Å². The van der Waals surface area contributed by atoms with Gasteiger partial charge in [0.15, 0.2) is 0 Å². The first kappa shape index (κ1) is 15.1. The van der Waals surface area contributed by atoms with Crippen LogP contribution in [0.2, 0.25) is 0 Å². The maximum Gasteiger partial charge on any atom is 0.317 e. The minimum atomic E-state index is -0.766. The molecule has 0 spiro atoms. The van der Waals surface area contributed by atoms with E-state index in [2.05, 4.69) is 12.2 Å². The van der Waals surface area contributed by atoms with Crippen LogP contribution in [0, 0.1) is 11.8 Å². The summed E-state index contributed by atoms with van der Waals surface area (Å²) in [6.07, 6.45) is 6.65. The Morgan fingerprint density at radius 1 is 1.30 bits per heavy atom. The number of carbonyl (C=O) groups excluding carboxylic acids is 1. The monoisotopic (exact) mass is 282 g/mol. The van der Waals surface area contributed by atoms with Gasteiger partial charge in [-0.3, -0.25) is 4.79 Å². The summed E-state index contributed by atoms with van der Waals surface area (Å²) in [5.74, 6) is 0.147. The van der Waals surface area contributed by atoms with E-state index in [1.54, 1.807) is 4.90 Å². The van der Waals surface area contributed by atoms with Gasteiger partial charge in [0.25, 0.3) is 0 Å². The van der Waals surface area contributed by atoms with Gasteiger partial charge in [-0.2, -0.15) is 0 Å². The summed E-state index contributed by atoms with van der Waals surface area (Å²) in [4.78, 5) is 24.8. The molecule has 2 fully saturated rings. The Morgan fingerprint density at radius 2 is 2.05 bits per heavy atom. The highest BCUT2D eigenvalue weighted by atomic mass is 16.4. The van der Waals surface area contributed by atoms with Crippen molar-refractivity contribution in [3.05, 3.63) is 0 Å². The van der Waals surface area contributed by atoms with Gasteiger partial charge in [-0.1, -0.05) is 19.8 Å². The zero-order valence-corrected chi connectivity index (χ0v) is 12.3. The highest BCUT2D eigenvalue weighted by molar-refractivity contribution is 5.75. The van der Waals surface area contributed by atoms with Crippen molar-refractivity contribution in [2.24, 2.45) is 11.8 Å². The number of urea groups is 1. The Morgan fingerprint density at radius 3 is 2.65 bits per heavy atom. The molecule has 2 rings (SSSR count). The third kappa shape index (κ3) is 4.69. The molecule has 1 aliphatic carbocycles. The highest BCUT2D eigenvalue weighted by Gasteiger charge is 2.29. The Bertz CT molecular complexity index is 355. The number of piperidine rings is 1. The lowest BCUT2D eigenvalue weighted by Crippen LogP contribution is -2.48. The Kier molecular flexibility index (Phi) is 5.26. The molecule has 0 aromatic heterocycles. The maximum absolute atomic E-state index is 12.3. The van der Waals surface area contributed by atoms with Crippen molar-refractivity contribution in [3.8, 4) is 0 Å². The van der Waals surface area contributed by atoms with E-state index in [4.69, 9.17) is 5.11 Å². The number of hydrogen-bond donors (Lipinski definition) is 2. The molecule has 1 heterocycles. The minimum Gasteiger partial charge on any atom is -0.481 e. The van der Waals surface area contributed by atoms with Gasteiger partial charge in [0, 0.05) is 25.6 Å². The predicted molar refractivity (Wildman–Crippen MR) is 76.5 cm³/mol. The van der Waals surface area contributed by atoms with Crippen molar-refractivity contribution in [1.82, 2.24) is 10.2 Å². The largest absolute Gasteiger partial charge is 0.481 e. The average molecular weight is 282 g/mol. The predicted octanol–water partition coefficient (Wildman–Crippen LogP) is 2.46. The minimum absolute atomic E-state index is 0.00686. The van der Waals surface area contributed by atoms with Crippen LogP contribution in [0.1, 0.15) is 51.9 Å². The van der Waals surface area contributed by atoms with Crippen molar-refractivity contribution in [1.29, 1.82) is 0 Å². The van der Waals surface area contributed by atoms with E-state index in [1.807, 2.05) is 0 Å². The number of carboxylic acids is 1. The molecule has 0 radical (unpaired) electrons. The van der Waals surface area contributed by atoms with Crippen LogP contribution < -0.4 is 5.32 Å². The van der Waals surface area contributed by atoms with Crippen molar-refractivity contribution >= 4 is 12.0 Å². The normalized spacial score (nSPS) is 24.2.